The summed E-state index contributed by atoms with van der Waals surface area (Å²) in [6.45, 7) is 0.796. The van der Waals surface area contributed by atoms with Gasteiger partial charge in [0.25, 0.3) is 0 Å². The van der Waals surface area contributed by atoms with E-state index in [1.54, 1.807) is 7.05 Å². The number of amides is 1. The van der Waals surface area contributed by atoms with Crippen molar-refractivity contribution in [1.82, 2.24) is 15.5 Å². The van der Waals surface area contributed by atoms with E-state index >= 15 is 0 Å². The molecule has 9 heteroatoms. The van der Waals surface area contributed by atoms with Crippen molar-refractivity contribution in [2.75, 3.05) is 27.2 Å². The van der Waals surface area contributed by atoms with Crippen LogP contribution >= 0.6 is 0 Å². The minimum atomic E-state index is -1.44. The molecule has 2 N–H and O–H groups in total. The predicted molar refractivity (Wildman–Crippen MR) is 89.5 cm³/mol. The quantitative estimate of drug-likeness (QED) is 0.368. The molecule has 0 saturated carbocycles. The van der Waals surface area contributed by atoms with Gasteiger partial charge in [0, 0.05) is 51.8 Å². The fraction of sp³-hybridized carbons (Fsp3) is 0.529. The molecule has 1 heterocycles. The Kier molecular flexibility index (Phi) is 6.82. The number of likely N-dealkylation sites (tertiary alicyclic amines) is 1. The normalized spacial score (nSPS) is 15.9. The van der Waals surface area contributed by atoms with Gasteiger partial charge in [-0.15, -0.1) is 0 Å². The van der Waals surface area contributed by atoms with Crippen LogP contribution in [0.25, 0.3) is 0 Å². The van der Waals surface area contributed by atoms with E-state index in [0.29, 0.717) is 25.5 Å². The zero-order valence-electron chi connectivity index (χ0n) is 14.7. The average Bonchev–Trinajstić information content (AvgIpc) is 2.64. The minimum Gasteiger partial charge on any atom is -0.359 e. The second kappa shape index (κ2) is 8.86. The van der Waals surface area contributed by atoms with E-state index in [4.69, 9.17) is 0 Å². The molecule has 0 atom stereocenters. The molecule has 0 aliphatic carbocycles. The highest BCUT2D eigenvalue weighted by molar-refractivity contribution is 5.80. The number of hydrogen-bond acceptors (Lipinski definition) is 2. The van der Waals surface area contributed by atoms with Gasteiger partial charge in [-0.2, -0.15) is 0 Å². The molecule has 1 aromatic rings. The lowest BCUT2D eigenvalue weighted by molar-refractivity contribution is -0.121. The molecule has 1 aromatic carbocycles. The Hall–Kier alpha value is -2.32. The highest BCUT2D eigenvalue weighted by Crippen LogP contribution is 2.21. The lowest BCUT2D eigenvalue weighted by atomic mass is 9.93. The molecular formula is C17H22F4N4O. The minimum absolute atomic E-state index is 0.00922. The number of carbonyl (C=O) groups is 1. The highest BCUT2D eigenvalue weighted by Gasteiger charge is 2.24. The van der Waals surface area contributed by atoms with Gasteiger partial charge >= 0.3 is 0 Å². The number of benzene rings is 1. The van der Waals surface area contributed by atoms with Gasteiger partial charge in [-0.05, 0) is 18.8 Å². The Bertz CT molecular complexity index is 662. The standard InChI is InChI=1S/C17H22F4N4O/c1-22-14(26)7-10-3-5-25(6-4-10)17(23-2)24-9-11-15(20)12(18)8-13(19)16(11)21/h8,10H,3-7,9H2,1-2H3,(H,22,26)(H,23,24). The number of rotatable bonds is 4. The van der Waals surface area contributed by atoms with Crippen molar-refractivity contribution in [3.05, 3.63) is 34.9 Å². The molecular weight excluding hydrogens is 352 g/mol. The number of aliphatic imine (C=N–C) groups is 1. The van der Waals surface area contributed by atoms with Crippen molar-refractivity contribution in [3.63, 3.8) is 0 Å². The van der Waals surface area contributed by atoms with Gasteiger partial charge in [0.1, 0.15) is 0 Å². The van der Waals surface area contributed by atoms with Crippen LogP contribution in [0.3, 0.4) is 0 Å². The fourth-order valence-corrected chi connectivity index (χ4v) is 2.99. The fourth-order valence-electron chi connectivity index (χ4n) is 2.99. The van der Waals surface area contributed by atoms with Crippen LogP contribution in [0.4, 0.5) is 17.6 Å². The summed E-state index contributed by atoms with van der Waals surface area (Å²) < 4.78 is 54.0. The number of hydrogen-bond donors (Lipinski definition) is 2. The van der Waals surface area contributed by atoms with E-state index in [9.17, 15) is 22.4 Å². The van der Waals surface area contributed by atoms with Crippen LogP contribution in [0.1, 0.15) is 24.8 Å². The van der Waals surface area contributed by atoms with E-state index in [1.165, 1.54) is 7.05 Å². The Morgan fingerprint density at radius 2 is 1.77 bits per heavy atom. The van der Waals surface area contributed by atoms with E-state index in [-0.39, 0.29) is 17.9 Å². The van der Waals surface area contributed by atoms with Crippen LogP contribution < -0.4 is 10.6 Å². The number of piperidine rings is 1. The summed E-state index contributed by atoms with van der Waals surface area (Å²) in [5, 5.41) is 5.34. The lowest BCUT2D eigenvalue weighted by Gasteiger charge is -2.34. The van der Waals surface area contributed by atoms with Crippen LogP contribution in [0.5, 0.6) is 0 Å². The summed E-state index contributed by atoms with van der Waals surface area (Å²) in [6, 6.07) is 0.181. The molecule has 1 saturated heterocycles. The summed E-state index contributed by atoms with van der Waals surface area (Å²) in [5.74, 6) is -5.09. The van der Waals surface area contributed by atoms with Gasteiger partial charge in [0.2, 0.25) is 5.91 Å². The van der Waals surface area contributed by atoms with Crippen LogP contribution in [0.2, 0.25) is 0 Å². The number of nitrogens with one attached hydrogen (secondary N) is 2. The summed E-state index contributed by atoms with van der Waals surface area (Å²) in [6.07, 6.45) is 1.99. The molecule has 1 aliphatic rings. The maximum Gasteiger partial charge on any atom is 0.220 e. The molecule has 0 spiro atoms. The lowest BCUT2D eigenvalue weighted by Crippen LogP contribution is -2.46. The molecule has 0 unspecified atom stereocenters. The first-order chi connectivity index (χ1) is 12.4. The molecule has 5 nitrogen and oxygen atoms in total. The molecule has 2 rings (SSSR count). The third kappa shape index (κ3) is 4.64. The van der Waals surface area contributed by atoms with Crippen molar-refractivity contribution < 1.29 is 22.4 Å². The number of nitrogens with zero attached hydrogens (tertiary/aromatic N) is 2. The van der Waals surface area contributed by atoms with E-state index in [0.717, 1.165) is 12.8 Å². The number of carbonyl (C=O) groups excluding carboxylic acids is 1. The molecule has 0 bridgehead atoms. The predicted octanol–water partition coefficient (Wildman–Crippen LogP) is 2.17. The molecule has 1 fully saturated rings. The van der Waals surface area contributed by atoms with Crippen LogP contribution in [0.15, 0.2) is 11.1 Å². The monoisotopic (exact) mass is 374 g/mol. The second-order valence-corrected chi connectivity index (χ2v) is 6.16. The van der Waals surface area contributed by atoms with Gasteiger partial charge in [-0.3, -0.25) is 9.79 Å². The smallest absolute Gasteiger partial charge is 0.220 e. The zero-order valence-corrected chi connectivity index (χ0v) is 14.7. The number of guanidine groups is 1. The third-order valence-electron chi connectivity index (χ3n) is 4.50. The van der Waals surface area contributed by atoms with Crippen molar-refractivity contribution >= 4 is 11.9 Å². The van der Waals surface area contributed by atoms with Gasteiger partial charge in [-0.1, -0.05) is 0 Å². The SMILES string of the molecule is CN=C(NCc1c(F)c(F)cc(F)c1F)N1CCC(CC(=O)NC)CC1. The number of halogens is 4. The van der Waals surface area contributed by atoms with Crippen molar-refractivity contribution in [2.24, 2.45) is 10.9 Å². The second-order valence-electron chi connectivity index (χ2n) is 6.16. The van der Waals surface area contributed by atoms with Crippen molar-refractivity contribution in [3.8, 4) is 0 Å². The van der Waals surface area contributed by atoms with Gasteiger partial charge < -0.3 is 15.5 Å². The zero-order chi connectivity index (χ0) is 19.3. The summed E-state index contributed by atoms with van der Waals surface area (Å²) in [7, 11) is 3.11. The van der Waals surface area contributed by atoms with Crippen molar-refractivity contribution in [2.45, 2.75) is 25.8 Å². The van der Waals surface area contributed by atoms with Gasteiger partial charge in [0.05, 0.1) is 0 Å². The van der Waals surface area contributed by atoms with E-state index < -0.39 is 35.4 Å². The molecule has 1 amide bonds. The van der Waals surface area contributed by atoms with Gasteiger partial charge in [0.15, 0.2) is 29.2 Å². The molecule has 0 aromatic heterocycles. The van der Waals surface area contributed by atoms with Crippen LogP contribution in [-0.2, 0) is 11.3 Å². The summed E-state index contributed by atoms with van der Waals surface area (Å²) in [4.78, 5) is 17.4. The maximum atomic E-state index is 13.7. The maximum absolute atomic E-state index is 13.7. The Labute approximate surface area is 149 Å². The Morgan fingerprint density at radius 3 is 2.27 bits per heavy atom. The molecule has 0 radical (unpaired) electrons. The largest absolute Gasteiger partial charge is 0.359 e. The average molecular weight is 374 g/mol. The first kappa shape index (κ1) is 20.0. The first-order valence-electron chi connectivity index (χ1n) is 8.35. The summed E-state index contributed by atoms with van der Waals surface area (Å²) >= 11 is 0. The highest BCUT2D eigenvalue weighted by atomic mass is 19.2. The van der Waals surface area contributed by atoms with E-state index in [1.807, 2.05) is 4.90 Å². The Balaban J connectivity index is 1.97. The van der Waals surface area contributed by atoms with Crippen molar-refractivity contribution in [1.29, 1.82) is 0 Å². The van der Waals surface area contributed by atoms with Crippen LogP contribution in [0, 0.1) is 29.2 Å². The topological polar surface area (TPSA) is 56.7 Å². The van der Waals surface area contributed by atoms with E-state index in [2.05, 4.69) is 15.6 Å². The van der Waals surface area contributed by atoms with Crippen LogP contribution in [-0.4, -0.2) is 44.0 Å². The first-order valence-corrected chi connectivity index (χ1v) is 8.35. The summed E-state index contributed by atoms with van der Waals surface area (Å²) in [5.41, 5.74) is -0.710. The molecule has 26 heavy (non-hydrogen) atoms. The molecule has 1 aliphatic heterocycles. The third-order valence-corrected chi connectivity index (χ3v) is 4.50. The Morgan fingerprint density at radius 1 is 1.19 bits per heavy atom. The molecule has 144 valence electrons. The van der Waals surface area contributed by atoms with Gasteiger partial charge in [-0.25, -0.2) is 17.6 Å².